The monoisotopic (exact) mass is 416 g/mol. The minimum atomic E-state index is -5.82. The minimum Gasteiger partial charge on any atom is -0.508 e. The first-order valence-corrected chi connectivity index (χ1v) is 9.11. The Hall–Kier alpha value is -3.08. The van der Waals surface area contributed by atoms with Gasteiger partial charge in [-0.05, 0) is 48.5 Å². The molecule has 0 bridgehead atoms. The maximum absolute atomic E-state index is 13.6. The molecule has 0 spiro atoms. The van der Waals surface area contributed by atoms with Crippen molar-refractivity contribution in [3.8, 4) is 34.0 Å². The zero-order valence-electron chi connectivity index (χ0n) is 13.8. The van der Waals surface area contributed by atoms with Crippen LogP contribution in [0.2, 0.25) is 0 Å². The number of imidazole rings is 1. The number of nitrogens with zero attached hydrogens (tertiary/aromatic N) is 1. The molecule has 0 atom stereocenters. The second-order valence-electron chi connectivity index (χ2n) is 5.73. The molecule has 0 aliphatic heterocycles. The molecular formula is C17H12F4N2O4S. The number of phenolic OH excluding ortho intramolecular Hbond substituents is 2. The lowest BCUT2D eigenvalue weighted by Gasteiger charge is -2.13. The zero-order chi connectivity index (χ0) is 20.7. The van der Waals surface area contributed by atoms with Crippen LogP contribution in [0.15, 0.2) is 53.7 Å². The van der Waals surface area contributed by atoms with Crippen molar-refractivity contribution in [1.29, 1.82) is 0 Å². The Labute approximate surface area is 156 Å². The van der Waals surface area contributed by atoms with Gasteiger partial charge in [-0.25, -0.2) is 22.2 Å². The number of aromatic amines is 1. The zero-order valence-corrected chi connectivity index (χ0v) is 14.6. The fourth-order valence-electron chi connectivity index (χ4n) is 2.39. The molecule has 0 amide bonds. The van der Waals surface area contributed by atoms with Crippen LogP contribution in [0.3, 0.4) is 0 Å². The molecule has 1 aromatic heterocycles. The molecular weight excluding hydrogens is 404 g/mol. The SMILES string of the molecule is O=S(=O)(c1nc(-c2ccc(O)cc2)c(-c2ccc(O)cc2)[nH]1)C(F)(F)C(F)F. The predicted molar refractivity (Wildman–Crippen MR) is 90.9 cm³/mol. The summed E-state index contributed by atoms with van der Waals surface area (Å²) in [4.78, 5) is 5.80. The molecule has 0 unspecified atom stereocenters. The van der Waals surface area contributed by atoms with Crippen LogP contribution in [-0.4, -0.2) is 40.3 Å². The standard InChI is InChI=1S/C17H12F4N2O4S/c18-15(19)17(20,21)28(26,27)16-22-13(9-1-5-11(24)6-2-9)14(23-16)10-3-7-12(25)8-4-10/h1-8,15,24-25H,(H,22,23). The van der Waals surface area contributed by atoms with Crippen molar-refractivity contribution in [2.75, 3.05) is 0 Å². The molecule has 1 heterocycles. The number of rotatable bonds is 5. The van der Waals surface area contributed by atoms with Gasteiger partial charge in [-0.2, -0.15) is 8.78 Å². The number of hydrogen-bond acceptors (Lipinski definition) is 5. The van der Waals surface area contributed by atoms with Gasteiger partial charge in [0.2, 0.25) is 5.16 Å². The van der Waals surface area contributed by atoms with E-state index in [1.54, 1.807) is 0 Å². The van der Waals surface area contributed by atoms with Crippen molar-refractivity contribution < 1.29 is 36.2 Å². The van der Waals surface area contributed by atoms with Gasteiger partial charge in [0.1, 0.15) is 11.5 Å². The Bertz CT molecular complexity index is 1030. The number of H-pyrrole nitrogens is 1. The molecule has 11 heteroatoms. The molecule has 0 saturated carbocycles. The van der Waals surface area contributed by atoms with Crippen LogP contribution < -0.4 is 0 Å². The van der Waals surface area contributed by atoms with E-state index in [4.69, 9.17) is 0 Å². The highest BCUT2D eigenvalue weighted by atomic mass is 32.2. The summed E-state index contributed by atoms with van der Waals surface area (Å²) in [5.74, 6) is -0.214. The number of phenols is 2. The first-order chi connectivity index (χ1) is 13.0. The van der Waals surface area contributed by atoms with E-state index in [-0.39, 0.29) is 34.0 Å². The van der Waals surface area contributed by atoms with E-state index in [1.165, 1.54) is 48.5 Å². The fourth-order valence-corrected chi connectivity index (χ4v) is 3.33. The van der Waals surface area contributed by atoms with Crippen LogP contribution in [0, 0.1) is 0 Å². The summed E-state index contributed by atoms with van der Waals surface area (Å²) in [5.41, 5.74) is 0.331. The van der Waals surface area contributed by atoms with Crippen molar-refractivity contribution in [3.05, 3.63) is 48.5 Å². The first kappa shape index (κ1) is 19.7. The highest BCUT2D eigenvalue weighted by molar-refractivity contribution is 7.92. The molecule has 0 radical (unpaired) electrons. The molecule has 6 nitrogen and oxygen atoms in total. The highest BCUT2D eigenvalue weighted by Gasteiger charge is 2.56. The Balaban J connectivity index is 2.24. The maximum Gasteiger partial charge on any atom is 0.411 e. The lowest BCUT2D eigenvalue weighted by atomic mass is 10.0. The van der Waals surface area contributed by atoms with Gasteiger partial charge in [0.25, 0.3) is 9.84 Å². The van der Waals surface area contributed by atoms with E-state index in [0.29, 0.717) is 0 Å². The summed E-state index contributed by atoms with van der Waals surface area (Å²) in [7, 11) is -5.82. The van der Waals surface area contributed by atoms with E-state index in [1.807, 2.05) is 0 Å². The number of nitrogens with one attached hydrogen (secondary N) is 1. The van der Waals surface area contributed by atoms with Gasteiger partial charge in [-0.15, -0.1) is 0 Å². The number of benzene rings is 2. The highest BCUT2D eigenvalue weighted by Crippen LogP contribution is 2.38. The van der Waals surface area contributed by atoms with Crippen LogP contribution in [0.4, 0.5) is 17.6 Å². The lowest BCUT2D eigenvalue weighted by Crippen LogP contribution is -2.37. The number of alkyl halides is 4. The van der Waals surface area contributed by atoms with Gasteiger partial charge in [0, 0.05) is 11.1 Å². The molecule has 0 aliphatic rings. The van der Waals surface area contributed by atoms with Crippen molar-refractivity contribution >= 4 is 9.84 Å². The molecule has 0 aliphatic carbocycles. The van der Waals surface area contributed by atoms with E-state index in [2.05, 4.69) is 9.97 Å². The smallest absolute Gasteiger partial charge is 0.411 e. The summed E-state index contributed by atoms with van der Waals surface area (Å²) in [6, 6.07) is 10.4. The normalized spacial score (nSPS) is 12.5. The van der Waals surface area contributed by atoms with Crippen molar-refractivity contribution in [3.63, 3.8) is 0 Å². The first-order valence-electron chi connectivity index (χ1n) is 7.63. The predicted octanol–water partition coefficient (Wildman–Crippen LogP) is 3.79. The number of hydrogen-bond donors (Lipinski definition) is 3. The van der Waals surface area contributed by atoms with Crippen LogP contribution in [0.1, 0.15) is 0 Å². The van der Waals surface area contributed by atoms with Gasteiger partial charge in [0.05, 0.1) is 11.4 Å². The van der Waals surface area contributed by atoms with Crippen LogP contribution in [-0.2, 0) is 9.84 Å². The number of aromatic hydroxyl groups is 2. The third-order valence-corrected chi connectivity index (χ3v) is 5.44. The summed E-state index contributed by atoms with van der Waals surface area (Å²) in [6.45, 7) is 0. The second-order valence-corrected chi connectivity index (χ2v) is 7.66. The number of sulfone groups is 1. The van der Waals surface area contributed by atoms with E-state index < -0.39 is 26.7 Å². The second kappa shape index (κ2) is 6.82. The number of aromatic nitrogens is 2. The summed E-state index contributed by atoms with van der Waals surface area (Å²) in [6.07, 6.45) is -4.45. The Kier molecular flexibility index (Phi) is 4.79. The van der Waals surface area contributed by atoms with E-state index in [9.17, 15) is 36.2 Å². The molecule has 0 saturated heterocycles. The van der Waals surface area contributed by atoms with Gasteiger partial charge in [-0.3, -0.25) is 0 Å². The van der Waals surface area contributed by atoms with Crippen molar-refractivity contribution in [2.24, 2.45) is 0 Å². The van der Waals surface area contributed by atoms with Crippen LogP contribution in [0.5, 0.6) is 11.5 Å². The van der Waals surface area contributed by atoms with Gasteiger partial charge in [0.15, 0.2) is 0 Å². The van der Waals surface area contributed by atoms with Crippen molar-refractivity contribution in [2.45, 2.75) is 16.8 Å². The Morgan fingerprint density at radius 1 is 0.893 bits per heavy atom. The third kappa shape index (κ3) is 3.28. The topological polar surface area (TPSA) is 103 Å². The molecule has 0 fully saturated rings. The van der Waals surface area contributed by atoms with Gasteiger partial charge in [-0.1, -0.05) is 0 Å². The Morgan fingerprint density at radius 2 is 1.36 bits per heavy atom. The summed E-state index contributed by atoms with van der Waals surface area (Å²) < 4.78 is 76.5. The van der Waals surface area contributed by atoms with Gasteiger partial charge >= 0.3 is 11.7 Å². The molecule has 2 aromatic carbocycles. The largest absolute Gasteiger partial charge is 0.508 e. The third-order valence-electron chi connectivity index (χ3n) is 3.85. The quantitative estimate of drug-likeness (QED) is 0.549. The van der Waals surface area contributed by atoms with Crippen LogP contribution in [0.25, 0.3) is 22.5 Å². The van der Waals surface area contributed by atoms with Crippen LogP contribution >= 0.6 is 0 Å². The van der Waals surface area contributed by atoms with E-state index in [0.717, 1.165) is 0 Å². The summed E-state index contributed by atoms with van der Waals surface area (Å²) >= 11 is 0. The van der Waals surface area contributed by atoms with Crippen molar-refractivity contribution in [1.82, 2.24) is 9.97 Å². The average Bonchev–Trinajstić information content (AvgIpc) is 3.08. The molecule has 148 valence electrons. The molecule has 3 aromatic rings. The Morgan fingerprint density at radius 3 is 1.82 bits per heavy atom. The van der Waals surface area contributed by atoms with E-state index >= 15 is 0 Å². The number of halogens is 4. The minimum absolute atomic E-state index is 0.0469. The molecule has 3 rings (SSSR count). The maximum atomic E-state index is 13.6. The molecule has 3 N–H and O–H groups in total. The molecule has 28 heavy (non-hydrogen) atoms. The van der Waals surface area contributed by atoms with Gasteiger partial charge < -0.3 is 15.2 Å². The summed E-state index contributed by atoms with van der Waals surface area (Å²) in [5, 5.41) is 12.1. The lowest BCUT2D eigenvalue weighted by molar-refractivity contribution is -0.0639. The average molecular weight is 416 g/mol. The fraction of sp³-hybridized carbons (Fsp3) is 0.118.